The molecule has 0 saturated carbocycles. The first-order valence-corrected chi connectivity index (χ1v) is 8.97. The van der Waals surface area contributed by atoms with E-state index in [2.05, 4.69) is 5.10 Å². The Morgan fingerprint density at radius 3 is 2.56 bits per heavy atom. The number of urea groups is 1. The van der Waals surface area contributed by atoms with E-state index in [9.17, 15) is 14.4 Å². The third-order valence-electron chi connectivity index (χ3n) is 5.17. The fraction of sp³-hybridized carbons (Fsp3) is 0.368. The normalized spacial score (nSPS) is 20.1. The molecule has 4 rings (SSSR count). The Hall–Kier alpha value is -3.16. The van der Waals surface area contributed by atoms with E-state index >= 15 is 0 Å². The van der Waals surface area contributed by atoms with E-state index in [4.69, 9.17) is 0 Å². The minimum Gasteiger partial charge on any atom is -0.335 e. The molecule has 1 atom stereocenters. The molecule has 2 aliphatic heterocycles. The molecule has 2 aliphatic rings. The summed E-state index contributed by atoms with van der Waals surface area (Å²) >= 11 is 0. The third-order valence-corrected chi connectivity index (χ3v) is 5.17. The van der Waals surface area contributed by atoms with Gasteiger partial charge in [-0.1, -0.05) is 18.2 Å². The molecule has 140 valence electrons. The van der Waals surface area contributed by atoms with Crippen LogP contribution in [0, 0.1) is 6.92 Å². The van der Waals surface area contributed by atoms with Crippen LogP contribution in [0.2, 0.25) is 0 Å². The quantitative estimate of drug-likeness (QED) is 0.752. The number of aromatic nitrogens is 2. The van der Waals surface area contributed by atoms with Crippen LogP contribution in [0.3, 0.4) is 0 Å². The van der Waals surface area contributed by atoms with E-state index < -0.39 is 6.04 Å². The Bertz CT molecular complexity index is 888. The maximum Gasteiger partial charge on any atom is 0.332 e. The predicted octanol–water partition coefficient (Wildman–Crippen LogP) is 1.41. The molecular weight excluding hydrogens is 346 g/mol. The smallest absolute Gasteiger partial charge is 0.332 e. The number of nitrogens with zero attached hydrogens (tertiary/aromatic N) is 5. The van der Waals surface area contributed by atoms with Crippen LogP contribution < -0.4 is 4.90 Å². The van der Waals surface area contributed by atoms with Crippen molar-refractivity contribution in [3.8, 4) is 0 Å². The number of fused-ring (bicyclic) bond motifs is 1. The number of imide groups is 1. The number of anilines is 1. The summed E-state index contributed by atoms with van der Waals surface area (Å²) in [5.74, 6) is -0.498. The van der Waals surface area contributed by atoms with Gasteiger partial charge in [0.1, 0.15) is 6.04 Å². The van der Waals surface area contributed by atoms with E-state index in [0.29, 0.717) is 30.9 Å². The Balaban J connectivity index is 1.59. The molecule has 2 fully saturated rings. The number of hydrogen-bond acceptors (Lipinski definition) is 4. The van der Waals surface area contributed by atoms with Gasteiger partial charge < -0.3 is 9.80 Å². The topological polar surface area (TPSA) is 78.8 Å². The molecule has 1 aromatic carbocycles. The molecule has 8 nitrogen and oxygen atoms in total. The summed E-state index contributed by atoms with van der Waals surface area (Å²) in [6.45, 7) is 3.00. The molecule has 0 aliphatic carbocycles. The van der Waals surface area contributed by atoms with Gasteiger partial charge in [0, 0.05) is 25.8 Å². The van der Waals surface area contributed by atoms with Crippen LogP contribution in [0.25, 0.3) is 0 Å². The van der Waals surface area contributed by atoms with Gasteiger partial charge in [0.2, 0.25) is 0 Å². The van der Waals surface area contributed by atoms with Gasteiger partial charge in [0.05, 0.1) is 12.2 Å². The Kier molecular flexibility index (Phi) is 4.18. The Labute approximate surface area is 156 Å². The predicted molar refractivity (Wildman–Crippen MR) is 98.3 cm³/mol. The second-order valence-corrected chi connectivity index (χ2v) is 6.90. The van der Waals surface area contributed by atoms with Crippen molar-refractivity contribution in [3.63, 3.8) is 0 Å². The van der Waals surface area contributed by atoms with Crippen molar-refractivity contribution >= 4 is 23.5 Å². The van der Waals surface area contributed by atoms with Crippen molar-refractivity contribution in [2.75, 3.05) is 24.5 Å². The summed E-state index contributed by atoms with van der Waals surface area (Å²) in [7, 11) is 1.78. The standard InChI is InChI=1S/C19H21N5O3/c1-13-11-15(20-21(13)2)17(25)22-9-6-10-23-16(12-22)18(26)24(19(23)27)14-7-4-3-5-8-14/h3-5,7-8,11,16H,6,9-10,12H2,1-2H3. The number of hydrogen-bond donors (Lipinski definition) is 0. The minimum atomic E-state index is -0.658. The van der Waals surface area contributed by atoms with Gasteiger partial charge in [0.15, 0.2) is 5.69 Å². The fourth-order valence-corrected chi connectivity index (χ4v) is 3.62. The number of aryl methyl sites for hydroxylation is 2. The highest BCUT2D eigenvalue weighted by Gasteiger charge is 2.47. The SMILES string of the molecule is Cc1cc(C(=O)N2CCCN3C(=O)N(c4ccccc4)C(=O)C3C2)nn1C. The summed E-state index contributed by atoms with van der Waals surface area (Å²) < 4.78 is 1.65. The number of para-hydroxylation sites is 1. The van der Waals surface area contributed by atoms with Gasteiger partial charge in [0.25, 0.3) is 11.8 Å². The van der Waals surface area contributed by atoms with Gasteiger partial charge in [-0.25, -0.2) is 9.69 Å². The van der Waals surface area contributed by atoms with Gasteiger partial charge in [-0.3, -0.25) is 14.3 Å². The molecule has 0 radical (unpaired) electrons. The molecule has 0 N–H and O–H groups in total. The Morgan fingerprint density at radius 2 is 1.89 bits per heavy atom. The molecule has 0 spiro atoms. The molecule has 27 heavy (non-hydrogen) atoms. The summed E-state index contributed by atoms with van der Waals surface area (Å²) in [6.07, 6.45) is 0.621. The van der Waals surface area contributed by atoms with Crippen molar-refractivity contribution in [1.82, 2.24) is 19.6 Å². The molecule has 1 unspecified atom stereocenters. The average molecular weight is 367 g/mol. The Morgan fingerprint density at radius 1 is 1.15 bits per heavy atom. The summed E-state index contributed by atoms with van der Waals surface area (Å²) in [5.41, 5.74) is 1.80. The lowest BCUT2D eigenvalue weighted by molar-refractivity contribution is -0.119. The first-order valence-electron chi connectivity index (χ1n) is 8.97. The summed E-state index contributed by atoms with van der Waals surface area (Å²) in [4.78, 5) is 43.1. The first kappa shape index (κ1) is 17.3. The zero-order valence-electron chi connectivity index (χ0n) is 15.3. The van der Waals surface area contributed by atoms with Crippen molar-refractivity contribution < 1.29 is 14.4 Å². The van der Waals surface area contributed by atoms with E-state index in [0.717, 1.165) is 5.69 Å². The van der Waals surface area contributed by atoms with Gasteiger partial charge in [-0.05, 0) is 31.5 Å². The third kappa shape index (κ3) is 2.87. The largest absolute Gasteiger partial charge is 0.335 e. The molecule has 3 heterocycles. The van der Waals surface area contributed by atoms with Crippen molar-refractivity contribution in [2.45, 2.75) is 19.4 Å². The number of carbonyl (C=O) groups excluding carboxylic acids is 3. The monoisotopic (exact) mass is 367 g/mol. The highest BCUT2D eigenvalue weighted by Crippen LogP contribution is 2.27. The van der Waals surface area contributed by atoms with E-state index in [1.807, 2.05) is 13.0 Å². The maximum atomic E-state index is 13.0. The molecule has 0 bridgehead atoms. The van der Waals surface area contributed by atoms with Crippen LogP contribution in [-0.4, -0.2) is 63.1 Å². The van der Waals surface area contributed by atoms with Crippen molar-refractivity contribution in [3.05, 3.63) is 47.8 Å². The molecule has 2 aromatic rings. The highest BCUT2D eigenvalue weighted by molar-refractivity contribution is 6.21. The second kappa shape index (κ2) is 6.53. The van der Waals surface area contributed by atoms with Crippen LogP contribution in [0.4, 0.5) is 10.5 Å². The van der Waals surface area contributed by atoms with Crippen LogP contribution >= 0.6 is 0 Å². The minimum absolute atomic E-state index is 0.183. The molecule has 8 heteroatoms. The second-order valence-electron chi connectivity index (χ2n) is 6.90. The summed E-state index contributed by atoms with van der Waals surface area (Å²) in [6, 6.07) is 9.65. The average Bonchev–Trinajstić information content (AvgIpc) is 3.00. The fourth-order valence-electron chi connectivity index (χ4n) is 3.62. The number of rotatable bonds is 2. The van der Waals surface area contributed by atoms with E-state index in [1.54, 1.807) is 51.9 Å². The number of benzene rings is 1. The zero-order chi connectivity index (χ0) is 19.1. The van der Waals surface area contributed by atoms with Gasteiger partial charge in [-0.2, -0.15) is 5.10 Å². The summed E-state index contributed by atoms with van der Waals surface area (Å²) in [5, 5.41) is 4.25. The zero-order valence-corrected chi connectivity index (χ0v) is 15.3. The first-order chi connectivity index (χ1) is 13.0. The number of amides is 4. The maximum absolute atomic E-state index is 13.0. The van der Waals surface area contributed by atoms with Gasteiger partial charge in [-0.15, -0.1) is 0 Å². The van der Waals surface area contributed by atoms with Gasteiger partial charge >= 0.3 is 6.03 Å². The molecule has 2 saturated heterocycles. The van der Waals surface area contributed by atoms with Crippen LogP contribution in [0.15, 0.2) is 36.4 Å². The highest BCUT2D eigenvalue weighted by atomic mass is 16.2. The van der Waals surface area contributed by atoms with Crippen molar-refractivity contribution in [1.29, 1.82) is 0 Å². The van der Waals surface area contributed by atoms with E-state index in [1.165, 1.54) is 4.90 Å². The molecular formula is C19H21N5O3. The van der Waals surface area contributed by atoms with Crippen LogP contribution in [0.5, 0.6) is 0 Å². The van der Waals surface area contributed by atoms with E-state index in [-0.39, 0.29) is 24.4 Å². The lowest BCUT2D eigenvalue weighted by Gasteiger charge is -2.22. The molecule has 1 aromatic heterocycles. The van der Waals surface area contributed by atoms with Crippen LogP contribution in [-0.2, 0) is 11.8 Å². The van der Waals surface area contributed by atoms with Crippen LogP contribution in [0.1, 0.15) is 22.6 Å². The van der Waals surface area contributed by atoms with Crippen molar-refractivity contribution in [2.24, 2.45) is 7.05 Å². The molecule has 4 amide bonds. The number of carbonyl (C=O) groups is 3. The lowest BCUT2D eigenvalue weighted by atomic mass is 10.2. The lowest BCUT2D eigenvalue weighted by Crippen LogP contribution is -2.43.